The third kappa shape index (κ3) is 4.84. The topological polar surface area (TPSA) is 89.2 Å². The number of hydrogen-bond donors (Lipinski definition) is 2. The maximum Gasteiger partial charge on any atom is 0.320 e. The molecule has 2 amide bonds. The molecule has 9 nitrogen and oxygen atoms in total. The molecule has 0 spiro atoms. The molecule has 3 atom stereocenters. The van der Waals surface area contributed by atoms with Crippen LogP contribution < -0.4 is 10.6 Å². The van der Waals surface area contributed by atoms with Gasteiger partial charge < -0.3 is 10.1 Å². The first-order valence-corrected chi connectivity index (χ1v) is 13.6. The van der Waals surface area contributed by atoms with Crippen molar-refractivity contribution in [3.05, 3.63) is 83.7 Å². The second-order valence-electron chi connectivity index (χ2n) is 10.5. The third-order valence-corrected chi connectivity index (χ3v) is 8.05. The van der Waals surface area contributed by atoms with E-state index in [1.165, 1.54) is 11.1 Å². The number of ether oxygens (including phenoxy) is 1. The molecule has 9 heteroatoms. The number of rotatable bonds is 7. The van der Waals surface area contributed by atoms with Crippen molar-refractivity contribution in [1.82, 2.24) is 29.8 Å². The normalized spacial score (nSPS) is 20.4. The van der Waals surface area contributed by atoms with Crippen molar-refractivity contribution in [2.45, 2.75) is 44.3 Å². The number of methoxy groups -OCH3 is 1. The van der Waals surface area contributed by atoms with Gasteiger partial charge in [0.05, 0.1) is 24.0 Å². The van der Waals surface area contributed by atoms with E-state index in [0.717, 1.165) is 48.3 Å². The van der Waals surface area contributed by atoms with Gasteiger partial charge in [0, 0.05) is 50.7 Å². The fraction of sp³-hybridized carbons (Fsp3) is 0.367. The molecule has 2 aromatic carbocycles. The van der Waals surface area contributed by atoms with E-state index in [0.29, 0.717) is 18.5 Å². The average Bonchev–Trinajstić information content (AvgIpc) is 3.63. The van der Waals surface area contributed by atoms with E-state index in [1.807, 2.05) is 50.5 Å². The van der Waals surface area contributed by atoms with Crippen LogP contribution in [0.4, 0.5) is 10.6 Å². The molecule has 4 aromatic rings. The van der Waals surface area contributed by atoms with Crippen molar-refractivity contribution in [3.8, 4) is 16.9 Å². The molecule has 2 aliphatic heterocycles. The van der Waals surface area contributed by atoms with Gasteiger partial charge in [-0.1, -0.05) is 42.5 Å². The lowest BCUT2D eigenvalue weighted by molar-refractivity contribution is 0.127. The molecule has 0 saturated carbocycles. The van der Waals surface area contributed by atoms with Gasteiger partial charge in [-0.3, -0.25) is 14.9 Å². The van der Waals surface area contributed by atoms with Gasteiger partial charge in [0.2, 0.25) is 0 Å². The van der Waals surface area contributed by atoms with Gasteiger partial charge in [-0.15, -0.1) is 0 Å². The van der Waals surface area contributed by atoms with E-state index in [-0.39, 0.29) is 18.1 Å². The van der Waals surface area contributed by atoms with Crippen LogP contribution in [0, 0.1) is 6.92 Å². The first-order valence-electron chi connectivity index (χ1n) is 13.6. The zero-order valence-electron chi connectivity index (χ0n) is 22.7. The third-order valence-electron chi connectivity index (χ3n) is 8.05. The minimum absolute atomic E-state index is 0.0143. The average molecular weight is 526 g/mol. The lowest BCUT2D eigenvalue weighted by atomic mass is 9.90. The van der Waals surface area contributed by atoms with Crippen molar-refractivity contribution >= 4 is 11.8 Å². The van der Waals surface area contributed by atoms with Crippen LogP contribution in [0.5, 0.6) is 0 Å². The smallest absolute Gasteiger partial charge is 0.320 e. The van der Waals surface area contributed by atoms with E-state index in [4.69, 9.17) is 9.84 Å². The van der Waals surface area contributed by atoms with Gasteiger partial charge in [0.1, 0.15) is 11.5 Å². The van der Waals surface area contributed by atoms with Crippen molar-refractivity contribution in [2.24, 2.45) is 7.05 Å². The highest BCUT2D eigenvalue weighted by Crippen LogP contribution is 2.42. The number of para-hydroxylation sites is 1. The minimum Gasteiger partial charge on any atom is -0.385 e. The van der Waals surface area contributed by atoms with Crippen LogP contribution in [-0.2, 0) is 18.2 Å². The first kappa shape index (κ1) is 25.3. The van der Waals surface area contributed by atoms with Crippen molar-refractivity contribution < 1.29 is 9.53 Å². The summed E-state index contributed by atoms with van der Waals surface area (Å²) in [7, 11) is 3.63. The Hall–Kier alpha value is -3.95. The van der Waals surface area contributed by atoms with Crippen molar-refractivity contribution in [1.29, 1.82) is 0 Å². The van der Waals surface area contributed by atoms with Gasteiger partial charge >= 0.3 is 6.03 Å². The largest absolute Gasteiger partial charge is 0.385 e. The summed E-state index contributed by atoms with van der Waals surface area (Å²) >= 11 is 0. The minimum atomic E-state index is -0.228. The number of urea groups is 1. The summed E-state index contributed by atoms with van der Waals surface area (Å²) in [6.45, 7) is 3.69. The highest BCUT2D eigenvalue weighted by Gasteiger charge is 2.44. The number of nitrogens with zero attached hydrogens (tertiary/aromatic N) is 5. The van der Waals surface area contributed by atoms with Gasteiger partial charge in [0.25, 0.3) is 0 Å². The number of aryl methyl sites for hydroxylation is 1. The lowest BCUT2D eigenvalue weighted by Gasteiger charge is -2.37. The molecule has 4 heterocycles. The monoisotopic (exact) mass is 525 g/mol. The summed E-state index contributed by atoms with van der Waals surface area (Å²) < 4.78 is 8.97. The summed E-state index contributed by atoms with van der Waals surface area (Å²) in [5.41, 5.74) is 6.14. The number of anilines is 1. The standard InChI is InChI=1S/C30H35N7O2/c1-20-27(22-18-31-35(2)19-22)34-37(23-10-5-4-6-11-23)29(20)33-30(38)32-26-17-24(14-16-39-3)36-15-13-21-9-7-8-12-25(21)28(26)36/h4-12,18-19,24,26,28H,13-17H2,1-3H3,(H2,32,33,38)/t24-,26-,28+/m1/s1. The lowest BCUT2D eigenvalue weighted by Crippen LogP contribution is -2.44. The van der Waals surface area contributed by atoms with E-state index < -0.39 is 0 Å². The maximum atomic E-state index is 13.6. The predicted octanol–water partition coefficient (Wildman–Crippen LogP) is 4.48. The predicted molar refractivity (Wildman–Crippen MR) is 151 cm³/mol. The van der Waals surface area contributed by atoms with Crippen LogP contribution in [0.2, 0.25) is 0 Å². The van der Waals surface area contributed by atoms with Gasteiger partial charge in [-0.05, 0) is 49.4 Å². The van der Waals surface area contributed by atoms with Gasteiger partial charge in [-0.25, -0.2) is 9.48 Å². The molecule has 2 N–H and O–H groups in total. The number of benzene rings is 2. The fourth-order valence-electron chi connectivity index (χ4n) is 6.24. The van der Waals surface area contributed by atoms with Gasteiger partial charge in [0.15, 0.2) is 0 Å². The Balaban J connectivity index is 1.29. The van der Waals surface area contributed by atoms with Crippen LogP contribution in [0.15, 0.2) is 67.0 Å². The maximum absolute atomic E-state index is 13.6. The van der Waals surface area contributed by atoms with Crippen LogP contribution in [0.3, 0.4) is 0 Å². The number of hydrogen-bond acceptors (Lipinski definition) is 5. The molecule has 2 aliphatic rings. The first-order chi connectivity index (χ1) is 19.0. The van der Waals surface area contributed by atoms with Crippen molar-refractivity contribution in [2.75, 3.05) is 25.6 Å². The highest BCUT2D eigenvalue weighted by atomic mass is 16.5. The summed E-state index contributed by atoms with van der Waals surface area (Å²) in [5.74, 6) is 0.646. The number of aromatic nitrogens is 4. The molecule has 1 saturated heterocycles. The molecular weight excluding hydrogens is 490 g/mol. The Labute approximate surface area is 228 Å². The molecule has 0 bridgehead atoms. The molecule has 2 aromatic heterocycles. The van der Waals surface area contributed by atoms with Crippen LogP contribution >= 0.6 is 0 Å². The molecule has 202 valence electrons. The van der Waals surface area contributed by atoms with E-state index in [2.05, 4.69) is 44.9 Å². The second kappa shape index (κ2) is 10.7. The number of fused-ring (bicyclic) bond motifs is 3. The molecule has 0 radical (unpaired) electrons. The van der Waals surface area contributed by atoms with Gasteiger partial charge in [-0.2, -0.15) is 10.2 Å². The Kier molecular flexibility index (Phi) is 6.93. The summed E-state index contributed by atoms with van der Waals surface area (Å²) in [4.78, 5) is 16.2. The van der Waals surface area contributed by atoms with Crippen LogP contribution in [0.25, 0.3) is 16.9 Å². The quantitative estimate of drug-likeness (QED) is 0.371. The Morgan fingerprint density at radius 2 is 1.92 bits per heavy atom. The molecule has 6 rings (SSSR count). The summed E-state index contributed by atoms with van der Waals surface area (Å²) in [6, 6.07) is 18.8. The van der Waals surface area contributed by atoms with Crippen LogP contribution in [-0.4, -0.2) is 62.8 Å². The number of carbonyl (C=O) groups excluding carboxylic acids is 1. The fourth-order valence-corrected chi connectivity index (χ4v) is 6.24. The van der Waals surface area contributed by atoms with E-state index >= 15 is 0 Å². The zero-order valence-corrected chi connectivity index (χ0v) is 22.7. The number of nitrogens with one attached hydrogen (secondary N) is 2. The molecule has 1 fully saturated rings. The molecule has 0 unspecified atom stereocenters. The van der Waals surface area contributed by atoms with Crippen LogP contribution in [0.1, 0.15) is 35.6 Å². The number of carbonyl (C=O) groups is 1. The Bertz CT molecular complexity index is 1460. The highest BCUT2D eigenvalue weighted by molar-refractivity contribution is 5.91. The van der Waals surface area contributed by atoms with E-state index in [9.17, 15) is 4.79 Å². The molecule has 39 heavy (non-hydrogen) atoms. The Morgan fingerprint density at radius 3 is 2.69 bits per heavy atom. The molecule has 0 aliphatic carbocycles. The Morgan fingerprint density at radius 1 is 1.13 bits per heavy atom. The van der Waals surface area contributed by atoms with E-state index in [1.54, 1.807) is 22.7 Å². The SMILES string of the molecule is COCC[C@@H]1C[C@@H](NC(=O)Nc2c(C)c(-c3cnn(C)c3)nn2-c2ccccc2)[C@@H]2c3ccccc3CCN12. The number of amides is 2. The molecular formula is C30H35N7O2. The zero-order chi connectivity index (χ0) is 26.9. The second-order valence-corrected chi connectivity index (χ2v) is 10.5. The van der Waals surface area contributed by atoms with Crippen molar-refractivity contribution in [3.63, 3.8) is 0 Å². The summed E-state index contributed by atoms with van der Waals surface area (Å²) in [6.07, 6.45) is 6.59. The summed E-state index contributed by atoms with van der Waals surface area (Å²) in [5, 5.41) is 15.7.